The molecule has 2 amide bonds. The Morgan fingerprint density at radius 2 is 2.00 bits per heavy atom. The Morgan fingerprint density at radius 3 is 2.70 bits per heavy atom. The fourth-order valence-electron chi connectivity index (χ4n) is 2.04. The Balaban J connectivity index is 2.33. The van der Waals surface area contributed by atoms with Crippen LogP contribution in [-0.2, 0) is 22.7 Å². The number of para-hydroxylation sites is 2. The maximum Gasteiger partial charge on any atom is 0.239 e. The molecule has 106 valence electrons. The number of likely N-dealkylation sites (N-methyl/N-ethyl adjacent to an activating group) is 1. The van der Waals surface area contributed by atoms with E-state index in [1.54, 1.807) is 0 Å². The minimum absolute atomic E-state index is 0.0697. The van der Waals surface area contributed by atoms with E-state index in [9.17, 15) is 9.59 Å². The Labute approximate surface area is 117 Å². The molecule has 1 aromatic heterocycles. The zero-order chi connectivity index (χ0) is 14.5. The lowest BCUT2D eigenvalue weighted by Gasteiger charge is -2.09. The molecule has 0 bridgehead atoms. The number of fused-ring (bicyclic) bond motifs is 1. The Kier molecular flexibility index (Phi) is 4.34. The summed E-state index contributed by atoms with van der Waals surface area (Å²) in [5.74, 6) is 0.481. The van der Waals surface area contributed by atoms with Gasteiger partial charge in [0.2, 0.25) is 11.8 Å². The van der Waals surface area contributed by atoms with E-state index in [0.717, 1.165) is 11.0 Å². The van der Waals surface area contributed by atoms with E-state index in [1.807, 2.05) is 35.8 Å². The van der Waals surface area contributed by atoms with Crippen LogP contribution in [0.2, 0.25) is 0 Å². The number of carbonyl (C=O) groups excluding carboxylic acids is 2. The van der Waals surface area contributed by atoms with Crippen LogP contribution in [0.3, 0.4) is 0 Å². The molecule has 0 fully saturated rings. The molecule has 0 aliphatic carbocycles. The quantitative estimate of drug-likeness (QED) is 0.847. The average Bonchev–Trinajstić information content (AvgIpc) is 2.75. The van der Waals surface area contributed by atoms with E-state index in [2.05, 4.69) is 15.6 Å². The van der Waals surface area contributed by atoms with Gasteiger partial charge >= 0.3 is 0 Å². The fourth-order valence-corrected chi connectivity index (χ4v) is 2.04. The van der Waals surface area contributed by atoms with Crippen molar-refractivity contribution >= 4 is 22.8 Å². The number of hydrogen-bond acceptors (Lipinski definition) is 3. The van der Waals surface area contributed by atoms with Gasteiger partial charge in [0.15, 0.2) is 0 Å². The third kappa shape index (κ3) is 3.14. The number of rotatable bonds is 5. The summed E-state index contributed by atoms with van der Waals surface area (Å²) >= 11 is 0. The lowest BCUT2D eigenvalue weighted by Crippen LogP contribution is -2.29. The zero-order valence-corrected chi connectivity index (χ0v) is 11.6. The summed E-state index contributed by atoms with van der Waals surface area (Å²) in [6.07, 6.45) is 0. The van der Waals surface area contributed by atoms with Gasteiger partial charge in [-0.3, -0.25) is 9.59 Å². The third-order valence-electron chi connectivity index (χ3n) is 2.90. The summed E-state index contributed by atoms with van der Waals surface area (Å²) in [7, 11) is 0. The molecule has 2 aromatic rings. The van der Waals surface area contributed by atoms with Gasteiger partial charge in [-0.2, -0.15) is 0 Å². The highest BCUT2D eigenvalue weighted by molar-refractivity contribution is 5.81. The monoisotopic (exact) mass is 274 g/mol. The van der Waals surface area contributed by atoms with Crippen LogP contribution in [0.1, 0.15) is 19.7 Å². The largest absolute Gasteiger partial charge is 0.355 e. The highest BCUT2D eigenvalue weighted by Crippen LogP contribution is 2.15. The van der Waals surface area contributed by atoms with Crippen LogP contribution in [0.4, 0.5) is 0 Å². The second kappa shape index (κ2) is 6.18. The van der Waals surface area contributed by atoms with Crippen molar-refractivity contribution in [2.24, 2.45) is 0 Å². The highest BCUT2D eigenvalue weighted by atomic mass is 16.2. The van der Waals surface area contributed by atoms with Crippen molar-refractivity contribution in [1.29, 1.82) is 0 Å². The van der Waals surface area contributed by atoms with E-state index in [4.69, 9.17) is 0 Å². The summed E-state index contributed by atoms with van der Waals surface area (Å²) in [6.45, 7) is 4.43. The minimum Gasteiger partial charge on any atom is -0.355 e. The van der Waals surface area contributed by atoms with E-state index < -0.39 is 0 Å². The van der Waals surface area contributed by atoms with Crippen molar-refractivity contribution in [3.8, 4) is 0 Å². The first-order chi connectivity index (χ1) is 9.61. The zero-order valence-electron chi connectivity index (χ0n) is 11.6. The molecular formula is C14H18N4O2. The van der Waals surface area contributed by atoms with Gasteiger partial charge in [-0.25, -0.2) is 4.98 Å². The second-order valence-electron chi connectivity index (χ2n) is 4.47. The number of amides is 2. The standard InChI is InChI=1S/C14H18N4O2/c1-3-15-14(20)9-18-12-7-5-4-6-11(12)17-13(18)8-16-10(2)19/h4-7H,3,8-9H2,1-2H3,(H,15,20)(H,16,19). The van der Waals surface area contributed by atoms with Crippen LogP contribution in [-0.4, -0.2) is 27.9 Å². The molecule has 2 rings (SSSR count). The summed E-state index contributed by atoms with van der Waals surface area (Å²) in [4.78, 5) is 27.3. The first-order valence-corrected chi connectivity index (χ1v) is 6.57. The Morgan fingerprint density at radius 1 is 1.25 bits per heavy atom. The third-order valence-corrected chi connectivity index (χ3v) is 2.90. The molecule has 2 N–H and O–H groups in total. The van der Waals surface area contributed by atoms with E-state index in [1.165, 1.54) is 6.92 Å². The number of nitrogens with one attached hydrogen (secondary N) is 2. The van der Waals surface area contributed by atoms with E-state index >= 15 is 0 Å². The molecule has 0 atom stereocenters. The lowest BCUT2D eigenvalue weighted by molar-refractivity contribution is -0.121. The molecule has 0 unspecified atom stereocenters. The molecule has 0 saturated carbocycles. The maximum atomic E-state index is 11.8. The smallest absolute Gasteiger partial charge is 0.239 e. The Bertz CT molecular complexity index is 633. The van der Waals surface area contributed by atoms with Crippen LogP contribution in [0.25, 0.3) is 11.0 Å². The van der Waals surface area contributed by atoms with Crippen molar-refractivity contribution in [2.45, 2.75) is 26.9 Å². The van der Waals surface area contributed by atoms with Crippen molar-refractivity contribution < 1.29 is 9.59 Å². The van der Waals surface area contributed by atoms with Crippen LogP contribution >= 0.6 is 0 Å². The molecule has 0 aliphatic heterocycles. The second-order valence-corrected chi connectivity index (χ2v) is 4.47. The topological polar surface area (TPSA) is 76.0 Å². The summed E-state index contributed by atoms with van der Waals surface area (Å²) in [5, 5.41) is 5.48. The molecule has 0 saturated heterocycles. The number of hydrogen-bond donors (Lipinski definition) is 2. The molecule has 1 aromatic carbocycles. The Hall–Kier alpha value is -2.37. The minimum atomic E-state index is -0.124. The van der Waals surface area contributed by atoms with Gasteiger partial charge in [-0.15, -0.1) is 0 Å². The lowest BCUT2D eigenvalue weighted by atomic mass is 10.3. The fraction of sp³-hybridized carbons (Fsp3) is 0.357. The van der Waals surface area contributed by atoms with Crippen molar-refractivity contribution in [3.05, 3.63) is 30.1 Å². The van der Waals surface area contributed by atoms with Crippen molar-refractivity contribution in [2.75, 3.05) is 6.54 Å². The highest BCUT2D eigenvalue weighted by Gasteiger charge is 2.13. The molecule has 20 heavy (non-hydrogen) atoms. The summed E-state index contributed by atoms with van der Waals surface area (Å²) in [6, 6.07) is 7.61. The number of benzene rings is 1. The molecule has 6 nitrogen and oxygen atoms in total. The van der Waals surface area contributed by atoms with Crippen LogP contribution in [0.5, 0.6) is 0 Å². The van der Waals surface area contributed by atoms with Gasteiger partial charge in [-0.1, -0.05) is 12.1 Å². The summed E-state index contributed by atoms with van der Waals surface area (Å²) in [5.41, 5.74) is 1.70. The molecule has 0 aliphatic rings. The van der Waals surface area contributed by atoms with E-state index in [-0.39, 0.29) is 18.4 Å². The van der Waals surface area contributed by atoms with Crippen LogP contribution < -0.4 is 10.6 Å². The first-order valence-electron chi connectivity index (χ1n) is 6.57. The predicted octanol–water partition coefficient (Wildman–Crippen LogP) is 0.808. The van der Waals surface area contributed by atoms with Crippen LogP contribution in [0.15, 0.2) is 24.3 Å². The number of nitrogens with zero attached hydrogens (tertiary/aromatic N) is 2. The molecule has 0 spiro atoms. The van der Waals surface area contributed by atoms with Gasteiger partial charge in [0.25, 0.3) is 0 Å². The maximum absolute atomic E-state index is 11.8. The van der Waals surface area contributed by atoms with Crippen molar-refractivity contribution in [3.63, 3.8) is 0 Å². The molecule has 1 heterocycles. The van der Waals surface area contributed by atoms with Gasteiger partial charge in [0, 0.05) is 13.5 Å². The SMILES string of the molecule is CCNC(=O)Cn1c(CNC(C)=O)nc2ccccc21. The van der Waals surface area contributed by atoms with Gasteiger partial charge in [0.1, 0.15) is 12.4 Å². The molecule has 6 heteroatoms. The number of aromatic nitrogens is 2. The predicted molar refractivity (Wildman–Crippen MR) is 75.9 cm³/mol. The number of imidazole rings is 1. The molecular weight excluding hydrogens is 256 g/mol. The molecule has 0 radical (unpaired) electrons. The summed E-state index contributed by atoms with van der Waals surface area (Å²) < 4.78 is 1.83. The normalized spacial score (nSPS) is 10.5. The van der Waals surface area contributed by atoms with Gasteiger partial charge in [-0.05, 0) is 19.1 Å². The van der Waals surface area contributed by atoms with E-state index in [0.29, 0.717) is 18.9 Å². The van der Waals surface area contributed by atoms with Gasteiger partial charge in [0.05, 0.1) is 17.6 Å². The average molecular weight is 274 g/mol. The van der Waals surface area contributed by atoms with Gasteiger partial charge < -0.3 is 15.2 Å². The van der Waals surface area contributed by atoms with Crippen molar-refractivity contribution in [1.82, 2.24) is 20.2 Å². The van der Waals surface area contributed by atoms with Crippen LogP contribution in [0, 0.1) is 0 Å². The number of carbonyl (C=O) groups is 2. The first kappa shape index (κ1) is 14.0.